The van der Waals surface area contributed by atoms with Gasteiger partial charge < -0.3 is 9.80 Å². The molecule has 0 heterocycles. The lowest BCUT2D eigenvalue weighted by Crippen LogP contribution is -2.08. The first-order valence-corrected chi connectivity index (χ1v) is 8.03. The van der Waals surface area contributed by atoms with Gasteiger partial charge in [0.1, 0.15) is 0 Å². The molecule has 0 aliphatic carbocycles. The Morgan fingerprint density at radius 1 is 0.583 bits per heavy atom. The van der Waals surface area contributed by atoms with Crippen LogP contribution >= 0.6 is 0 Å². The third kappa shape index (κ3) is 4.44. The minimum atomic E-state index is 0.907. The molecular weight excluding hydrogens is 296 g/mol. The largest absolute Gasteiger partial charge is 0.378 e. The van der Waals surface area contributed by atoms with Gasteiger partial charge in [0.15, 0.2) is 0 Å². The average molecular weight is 322 g/mol. The molecular formula is C20H26N4. The van der Waals surface area contributed by atoms with Crippen molar-refractivity contribution in [2.45, 2.75) is 13.8 Å². The smallest absolute Gasteiger partial charge is 0.0671 e. The normalized spacial score (nSPS) is 12.2. The van der Waals surface area contributed by atoms with Crippen LogP contribution in [-0.4, -0.2) is 39.6 Å². The Kier molecular flexibility index (Phi) is 5.74. The van der Waals surface area contributed by atoms with Crippen LogP contribution < -0.4 is 9.80 Å². The summed E-state index contributed by atoms with van der Waals surface area (Å²) in [6.07, 6.45) is 0. The van der Waals surface area contributed by atoms with Gasteiger partial charge in [0.2, 0.25) is 0 Å². The van der Waals surface area contributed by atoms with Crippen LogP contribution in [0, 0.1) is 0 Å². The van der Waals surface area contributed by atoms with Crippen molar-refractivity contribution < 1.29 is 0 Å². The predicted octanol–water partition coefficient (Wildman–Crippen LogP) is 4.05. The highest BCUT2D eigenvalue weighted by Gasteiger charge is 2.01. The molecule has 0 radical (unpaired) electrons. The molecule has 24 heavy (non-hydrogen) atoms. The van der Waals surface area contributed by atoms with Crippen LogP contribution in [0.1, 0.15) is 25.0 Å². The van der Waals surface area contributed by atoms with Gasteiger partial charge in [-0.05, 0) is 49.2 Å². The van der Waals surface area contributed by atoms with Crippen molar-refractivity contribution in [2.75, 3.05) is 38.0 Å². The molecule has 2 aromatic rings. The molecule has 0 aromatic heterocycles. The topological polar surface area (TPSA) is 31.2 Å². The summed E-state index contributed by atoms with van der Waals surface area (Å²) in [5.41, 5.74) is 6.33. The lowest BCUT2D eigenvalue weighted by molar-refractivity contribution is 1.13. The molecule has 4 heteroatoms. The van der Waals surface area contributed by atoms with Crippen LogP contribution in [-0.2, 0) is 0 Å². The number of hydrogen-bond donors (Lipinski definition) is 0. The van der Waals surface area contributed by atoms with Crippen molar-refractivity contribution in [2.24, 2.45) is 10.2 Å². The fourth-order valence-electron chi connectivity index (χ4n) is 2.27. The van der Waals surface area contributed by atoms with E-state index in [-0.39, 0.29) is 0 Å². The molecule has 0 atom stereocenters. The van der Waals surface area contributed by atoms with Crippen LogP contribution in [0.25, 0.3) is 0 Å². The first-order chi connectivity index (χ1) is 11.4. The third-order valence-electron chi connectivity index (χ3n) is 3.95. The molecule has 0 spiro atoms. The zero-order valence-corrected chi connectivity index (χ0v) is 15.4. The zero-order valence-electron chi connectivity index (χ0n) is 15.4. The third-order valence-corrected chi connectivity index (χ3v) is 3.95. The van der Waals surface area contributed by atoms with Gasteiger partial charge in [0.25, 0.3) is 0 Å². The van der Waals surface area contributed by atoms with E-state index in [0.717, 1.165) is 22.6 Å². The van der Waals surface area contributed by atoms with Gasteiger partial charge in [-0.3, -0.25) is 0 Å². The first kappa shape index (κ1) is 17.7. The number of benzene rings is 2. The van der Waals surface area contributed by atoms with Gasteiger partial charge in [-0.2, -0.15) is 10.2 Å². The monoisotopic (exact) mass is 322 g/mol. The molecule has 0 aliphatic heterocycles. The van der Waals surface area contributed by atoms with E-state index in [2.05, 4.69) is 68.5 Å². The lowest BCUT2D eigenvalue weighted by Gasteiger charge is -2.12. The van der Waals surface area contributed by atoms with Crippen molar-refractivity contribution in [3.63, 3.8) is 0 Å². The second-order valence-electron chi connectivity index (χ2n) is 6.25. The summed E-state index contributed by atoms with van der Waals surface area (Å²) in [6.45, 7) is 3.97. The van der Waals surface area contributed by atoms with Crippen molar-refractivity contribution in [3.8, 4) is 0 Å². The molecule has 2 aromatic carbocycles. The van der Waals surface area contributed by atoms with E-state index in [9.17, 15) is 0 Å². The Morgan fingerprint density at radius 2 is 0.875 bits per heavy atom. The Morgan fingerprint density at radius 3 is 1.12 bits per heavy atom. The summed E-state index contributed by atoms with van der Waals surface area (Å²) in [4.78, 5) is 4.16. The van der Waals surface area contributed by atoms with E-state index in [1.165, 1.54) is 11.4 Å². The van der Waals surface area contributed by atoms with Crippen molar-refractivity contribution >= 4 is 22.8 Å². The van der Waals surface area contributed by atoms with Crippen LogP contribution in [0.3, 0.4) is 0 Å². The highest BCUT2D eigenvalue weighted by Crippen LogP contribution is 2.14. The predicted molar refractivity (Wildman–Crippen MR) is 106 cm³/mol. The maximum Gasteiger partial charge on any atom is 0.0671 e. The summed E-state index contributed by atoms with van der Waals surface area (Å²) >= 11 is 0. The van der Waals surface area contributed by atoms with E-state index < -0.39 is 0 Å². The van der Waals surface area contributed by atoms with E-state index in [0.29, 0.717) is 0 Å². The maximum absolute atomic E-state index is 4.38. The van der Waals surface area contributed by atoms with Crippen LogP contribution in [0.2, 0.25) is 0 Å². The van der Waals surface area contributed by atoms with Gasteiger partial charge in [0.05, 0.1) is 11.4 Å². The number of rotatable bonds is 5. The fourth-order valence-corrected chi connectivity index (χ4v) is 2.27. The summed E-state index contributed by atoms with van der Waals surface area (Å²) in [6, 6.07) is 16.6. The molecule has 2 rings (SSSR count). The van der Waals surface area contributed by atoms with E-state index in [1.807, 2.05) is 42.0 Å². The van der Waals surface area contributed by atoms with Crippen molar-refractivity contribution in [1.29, 1.82) is 0 Å². The molecule has 0 unspecified atom stereocenters. The molecule has 0 saturated heterocycles. The summed E-state index contributed by atoms with van der Waals surface area (Å²) < 4.78 is 0. The Bertz CT molecular complexity index is 658. The molecule has 126 valence electrons. The van der Waals surface area contributed by atoms with Crippen LogP contribution in [0.5, 0.6) is 0 Å². The average Bonchev–Trinajstić information content (AvgIpc) is 2.59. The van der Waals surface area contributed by atoms with Gasteiger partial charge in [-0.25, -0.2) is 0 Å². The quantitative estimate of drug-likeness (QED) is 0.614. The van der Waals surface area contributed by atoms with Gasteiger partial charge in [-0.15, -0.1) is 0 Å². The first-order valence-electron chi connectivity index (χ1n) is 8.03. The van der Waals surface area contributed by atoms with Crippen LogP contribution in [0.4, 0.5) is 11.4 Å². The Labute approximate surface area is 145 Å². The summed E-state index contributed by atoms with van der Waals surface area (Å²) in [5, 5.41) is 8.77. The van der Waals surface area contributed by atoms with Gasteiger partial charge >= 0.3 is 0 Å². The second kappa shape index (κ2) is 7.77. The maximum atomic E-state index is 4.38. The Hall–Kier alpha value is -2.62. The highest BCUT2D eigenvalue weighted by atomic mass is 15.2. The summed E-state index contributed by atoms with van der Waals surface area (Å²) in [5.74, 6) is 0. The Balaban J connectivity index is 2.15. The number of nitrogens with zero attached hydrogens (tertiary/aromatic N) is 4. The molecule has 0 fully saturated rings. The van der Waals surface area contributed by atoms with Gasteiger partial charge in [0, 0.05) is 39.6 Å². The zero-order chi connectivity index (χ0) is 17.7. The molecule has 0 N–H and O–H groups in total. The minimum Gasteiger partial charge on any atom is -0.378 e. The minimum absolute atomic E-state index is 0.907. The second-order valence-corrected chi connectivity index (χ2v) is 6.25. The molecule has 4 nitrogen and oxygen atoms in total. The highest BCUT2D eigenvalue weighted by molar-refractivity contribution is 6.02. The molecule has 0 aliphatic rings. The van der Waals surface area contributed by atoms with Crippen LogP contribution in [0.15, 0.2) is 58.7 Å². The molecule has 0 saturated carbocycles. The standard InChI is InChI=1S/C20H26N4/c1-15(17-7-11-19(12-8-17)23(3)4)21-22-16(2)18-9-13-20(14-10-18)24(5)6/h7-14H,1-6H3/b21-15-,22-16-. The van der Waals surface area contributed by atoms with Gasteiger partial charge in [-0.1, -0.05) is 24.3 Å². The van der Waals surface area contributed by atoms with E-state index in [1.54, 1.807) is 0 Å². The fraction of sp³-hybridized carbons (Fsp3) is 0.300. The lowest BCUT2D eigenvalue weighted by atomic mass is 10.1. The molecule has 0 bridgehead atoms. The number of anilines is 2. The summed E-state index contributed by atoms with van der Waals surface area (Å²) in [7, 11) is 8.13. The number of hydrogen-bond acceptors (Lipinski definition) is 4. The van der Waals surface area contributed by atoms with Crippen molar-refractivity contribution in [1.82, 2.24) is 0 Å². The van der Waals surface area contributed by atoms with Crippen molar-refractivity contribution in [3.05, 3.63) is 59.7 Å². The van der Waals surface area contributed by atoms with E-state index >= 15 is 0 Å². The van der Waals surface area contributed by atoms with E-state index in [4.69, 9.17) is 0 Å². The molecule has 0 amide bonds. The SMILES string of the molecule is C/C(=N/N=C(/C)c1ccc(N(C)C)cc1)c1ccc(N(C)C)cc1.